The minimum atomic E-state index is 0.654. The Hall–Kier alpha value is -2.07. The Bertz CT molecular complexity index is 907. The first-order valence-corrected chi connectivity index (χ1v) is 11.6. The molecule has 3 aliphatic rings. The van der Waals surface area contributed by atoms with Gasteiger partial charge in [0.2, 0.25) is 0 Å². The van der Waals surface area contributed by atoms with E-state index in [4.69, 9.17) is 0 Å². The molecule has 1 aromatic rings. The highest BCUT2D eigenvalue weighted by Crippen LogP contribution is 2.52. The zero-order valence-electron chi connectivity index (χ0n) is 18.5. The lowest BCUT2D eigenvalue weighted by atomic mass is 9.72. The molecule has 0 saturated heterocycles. The van der Waals surface area contributed by atoms with E-state index in [0.717, 1.165) is 17.4 Å². The van der Waals surface area contributed by atoms with Gasteiger partial charge in [-0.2, -0.15) is 5.26 Å². The van der Waals surface area contributed by atoms with Crippen molar-refractivity contribution in [3.05, 3.63) is 63.8 Å². The number of fused-ring (bicyclic) bond motifs is 3. The second kappa shape index (κ2) is 8.35. The molecule has 152 valence electrons. The molecule has 1 nitrogen and oxygen atoms in total. The van der Waals surface area contributed by atoms with E-state index in [-0.39, 0.29) is 0 Å². The van der Waals surface area contributed by atoms with Crippen molar-refractivity contribution in [2.24, 2.45) is 23.7 Å². The van der Waals surface area contributed by atoms with Crippen LogP contribution in [0.1, 0.15) is 82.4 Å². The van der Waals surface area contributed by atoms with Crippen LogP contribution in [0, 0.1) is 35.0 Å². The van der Waals surface area contributed by atoms with Crippen molar-refractivity contribution in [1.29, 1.82) is 5.26 Å². The first-order chi connectivity index (χ1) is 14.0. The molecule has 0 aromatic heterocycles. The highest BCUT2D eigenvalue weighted by Gasteiger charge is 2.41. The van der Waals surface area contributed by atoms with Gasteiger partial charge in [-0.3, -0.25) is 0 Å². The van der Waals surface area contributed by atoms with Gasteiger partial charge >= 0.3 is 0 Å². The molecule has 5 atom stereocenters. The lowest BCUT2D eigenvalue weighted by Crippen LogP contribution is -2.25. The van der Waals surface area contributed by atoms with Gasteiger partial charge in [-0.25, -0.2) is 0 Å². The topological polar surface area (TPSA) is 23.8 Å². The molecule has 0 heterocycles. The summed E-state index contributed by atoms with van der Waals surface area (Å²) in [7, 11) is 0. The molecule has 3 aliphatic carbocycles. The maximum atomic E-state index is 9.18. The number of hydrogen-bond acceptors (Lipinski definition) is 1. The number of hydrogen-bond donors (Lipinski definition) is 0. The van der Waals surface area contributed by atoms with E-state index >= 15 is 0 Å². The van der Waals surface area contributed by atoms with Gasteiger partial charge in [0.05, 0.1) is 6.07 Å². The van der Waals surface area contributed by atoms with Crippen LogP contribution in [-0.4, -0.2) is 0 Å². The zero-order chi connectivity index (χ0) is 20.5. The van der Waals surface area contributed by atoms with Crippen molar-refractivity contribution in [1.82, 2.24) is 0 Å². The van der Waals surface area contributed by atoms with Gasteiger partial charge in [0.25, 0.3) is 0 Å². The van der Waals surface area contributed by atoms with Crippen LogP contribution in [0.4, 0.5) is 0 Å². The van der Waals surface area contributed by atoms with Crippen LogP contribution in [0.25, 0.3) is 6.08 Å². The predicted molar refractivity (Wildman–Crippen MR) is 122 cm³/mol. The van der Waals surface area contributed by atoms with E-state index < -0.39 is 0 Å². The van der Waals surface area contributed by atoms with Gasteiger partial charge in [0.1, 0.15) is 0 Å². The van der Waals surface area contributed by atoms with Crippen LogP contribution in [0.5, 0.6) is 0 Å². The van der Waals surface area contributed by atoms with Gasteiger partial charge in [-0.05, 0) is 98.3 Å². The van der Waals surface area contributed by atoms with E-state index in [1.54, 1.807) is 16.7 Å². The lowest BCUT2D eigenvalue weighted by Gasteiger charge is -2.33. The SMILES string of the molecule is CC(C#N)=Cc1ccc2c(c1)C1CCCC1C(C)C(C1=CC=C(C)CCC1C)C2. The summed E-state index contributed by atoms with van der Waals surface area (Å²) in [6.07, 6.45) is 14.7. The fourth-order valence-corrected chi connectivity index (χ4v) is 6.25. The molecule has 4 rings (SSSR count). The minimum Gasteiger partial charge on any atom is -0.193 e. The fourth-order valence-electron chi connectivity index (χ4n) is 6.25. The first kappa shape index (κ1) is 20.2. The summed E-state index contributed by atoms with van der Waals surface area (Å²) in [6.45, 7) is 9.16. The average Bonchev–Trinajstić information content (AvgIpc) is 3.10. The Morgan fingerprint density at radius 1 is 1.10 bits per heavy atom. The van der Waals surface area contributed by atoms with Gasteiger partial charge in [0.15, 0.2) is 0 Å². The number of nitriles is 1. The summed E-state index contributed by atoms with van der Waals surface area (Å²) in [6, 6.07) is 9.28. The summed E-state index contributed by atoms with van der Waals surface area (Å²) >= 11 is 0. The summed E-state index contributed by atoms with van der Waals surface area (Å²) in [4.78, 5) is 0. The first-order valence-electron chi connectivity index (χ1n) is 11.6. The molecular weight excluding hydrogens is 350 g/mol. The maximum absolute atomic E-state index is 9.18. The van der Waals surface area contributed by atoms with Crippen LogP contribution in [-0.2, 0) is 6.42 Å². The molecule has 1 heteroatoms. The van der Waals surface area contributed by atoms with Crippen LogP contribution in [0.2, 0.25) is 0 Å². The van der Waals surface area contributed by atoms with Crippen molar-refractivity contribution in [2.75, 3.05) is 0 Å². The van der Waals surface area contributed by atoms with Crippen molar-refractivity contribution in [2.45, 2.75) is 72.1 Å². The average molecular weight is 386 g/mol. The third-order valence-electron chi connectivity index (χ3n) is 7.98. The molecule has 1 fully saturated rings. The zero-order valence-corrected chi connectivity index (χ0v) is 18.5. The molecule has 0 aliphatic heterocycles. The Labute approximate surface area is 177 Å². The van der Waals surface area contributed by atoms with Gasteiger partial charge in [-0.1, -0.05) is 61.8 Å². The van der Waals surface area contributed by atoms with Crippen LogP contribution < -0.4 is 0 Å². The van der Waals surface area contributed by atoms with Crippen molar-refractivity contribution in [3.8, 4) is 6.07 Å². The van der Waals surface area contributed by atoms with Crippen molar-refractivity contribution >= 4 is 6.08 Å². The van der Waals surface area contributed by atoms with E-state index in [2.05, 4.69) is 57.2 Å². The van der Waals surface area contributed by atoms with Gasteiger partial charge < -0.3 is 0 Å². The molecule has 29 heavy (non-hydrogen) atoms. The second-order valence-electron chi connectivity index (χ2n) is 9.89. The summed E-state index contributed by atoms with van der Waals surface area (Å²) < 4.78 is 0. The highest BCUT2D eigenvalue weighted by molar-refractivity contribution is 5.58. The molecule has 0 amide bonds. The lowest BCUT2D eigenvalue weighted by molar-refractivity contribution is 0.256. The third kappa shape index (κ3) is 4.00. The van der Waals surface area contributed by atoms with Crippen molar-refractivity contribution in [3.63, 3.8) is 0 Å². The molecule has 0 N–H and O–H groups in total. The highest BCUT2D eigenvalue weighted by atomic mass is 14.5. The Morgan fingerprint density at radius 2 is 1.93 bits per heavy atom. The standard InChI is InChI=1S/C28H35N/c1-18-8-10-20(3)24(13-9-18)27-16-23-12-11-22(14-19(2)17-29)15-28(23)26-7-5-6-25(26)21(27)4/h9,11-15,20-21,25-27H,5-8,10,16H2,1-4H3. The Morgan fingerprint density at radius 3 is 2.72 bits per heavy atom. The van der Waals surface area contributed by atoms with Crippen LogP contribution in [0.3, 0.4) is 0 Å². The summed E-state index contributed by atoms with van der Waals surface area (Å²) in [5.74, 6) is 3.55. The van der Waals surface area contributed by atoms with Crippen LogP contribution in [0.15, 0.2) is 47.1 Å². The normalized spacial score (nSPS) is 32.2. The van der Waals surface area contributed by atoms with Crippen LogP contribution >= 0.6 is 0 Å². The maximum Gasteiger partial charge on any atom is 0.0944 e. The summed E-state index contributed by atoms with van der Waals surface area (Å²) in [5, 5.41) is 9.18. The Kier molecular flexibility index (Phi) is 5.82. The molecular formula is C28H35N. The second-order valence-corrected chi connectivity index (χ2v) is 9.89. The van der Waals surface area contributed by atoms with Crippen molar-refractivity contribution < 1.29 is 0 Å². The molecule has 0 radical (unpaired) electrons. The van der Waals surface area contributed by atoms with E-state index in [9.17, 15) is 5.26 Å². The third-order valence-corrected chi connectivity index (χ3v) is 7.98. The predicted octanol–water partition coefficient (Wildman–Crippen LogP) is 7.61. The van der Waals surface area contributed by atoms with Gasteiger partial charge in [0, 0.05) is 5.57 Å². The van der Waals surface area contributed by atoms with E-state index in [1.165, 1.54) is 49.7 Å². The molecule has 5 unspecified atom stereocenters. The number of allylic oxidation sites excluding steroid dienone is 5. The number of nitrogens with zero attached hydrogens (tertiary/aromatic N) is 1. The molecule has 0 spiro atoms. The molecule has 1 saturated carbocycles. The summed E-state index contributed by atoms with van der Waals surface area (Å²) in [5.41, 5.74) is 8.33. The number of benzene rings is 1. The van der Waals surface area contributed by atoms with E-state index in [0.29, 0.717) is 17.8 Å². The molecule has 1 aromatic carbocycles. The Balaban J connectivity index is 1.76. The van der Waals surface area contributed by atoms with Gasteiger partial charge in [-0.15, -0.1) is 0 Å². The molecule has 0 bridgehead atoms. The minimum absolute atomic E-state index is 0.654. The fraction of sp³-hybridized carbons (Fsp3) is 0.536. The smallest absolute Gasteiger partial charge is 0.0944 e. The number of rotatable bonds is 2. The van der Waals surface area contributed by atoms with E-state index in [1.807, 2.05) is 13.0 Å². The largest absolute Gasteiger partial charge is 0.193 e. The monoisotopic (exact) mass is 385 g/mol. The quantitative estimate of drug-likeness (QED) is 0.481.